The molecule has 2 rings (SSSR count). The molecular weight excluding hydrogens is 187 g/mol. The molecule has 1 saturated heterocycles. The van der Waals surface area contributed by atoms with E-state index >= 15 is 0 Å². The van der Waals surface area contributed by atoms with E-state index < -0.39 is 17.7 Å². The van der Waals surface area contributed by atoms with Crippen molar-refractivity contribution in [3.63, 3.8) is 0 Å². The fourth-order valence-electron chi connectivity index (χ4n) is 2.67. The number of rotatable bonds is 1. The minimum absolute atomic E-state index is 0.205. The summed E-state index contributed by atoms with van der Waals surface area (Å²) in [7, 11) is 0. The zero-order valence-corrected chi connectivity index (χ0v) is 7.92. The normalized spacial score (nSPS) is 47.4. The van der Waals surface area contributed by atoms with Gasteiger partial charge in [-0.1, -0.05) is 0 Å². The lowest BCUT2D eigenvalue weighted by atomic mass is 9.91. The van der Waals surface area contributed by atoms with Gasteiger partial charge in [0.15, 0.2) is 0 Å². The maximum Gasteiger partial charge on any atom is 0.326 e. The van der Waals surface area contributed by atoms with Gasteiger partial charge in [-0.2, -0.15) is 0 Å². The summed E-state index contributed by atoms with van der Waals surface area (Å²) in [5, 5.41) is 12.1. The second kappa shape index (κ2) is 2.90. The van der Waals surface area contributed by atoms with Crippen molar-refractivity contribution in [3.05, 3.63) is 0 Å². The van der Waals surface area contributed by atoms with Crippen LogP contribution in [0.15, 0.2) is 0 Å². The maximum atomic E-state index is 13.6. The van der Waals surface area contributed by atoms with Crippen molar-refractivity contribution >= 4 is 5.97 Å². The van der Waals surface area contributed by atoms with Crippen LogP contribution in [0, 0.1) is 0 Å². The van der Waals surface area contributed by atoms with Crippen molar-refractivity contribution in [3.8, 4) is 0 Å². The van der Waals surface area contributed by atoms with Crippen molar-refractivity contribution in [2.75, 3.05) is 6.54 Å². The van der Waals surface area contributed by atoms with Crippen LogP contribution in [0.4, 0.5) is 4.39 Å². The molecule has 5 heteroatoms. The molecular formula is C9H15FN2O2. The minimum atomic E-state index is -1.68. The summed E-state index contributed by atoms with van der Waals surface area (Å²) in [5.41, 5.74) is 3.55. The van der Waals surface area contributed by atoms with Crippen molar-refractivity contribution in [2.45, 2.75) is 42.9 Å². The van der Waals surface area contributed by atoms with E-state index in [1.165, 1.54) is 0 Å². The monoisotopic (exact) mass is 202 g/mol. The van der Waals surface area contributed by atoms with Crippen molar-refractivity contribution in [1.82, 2.24) is 5.32 Å². The molecule has 3 unspecified atom stereocenters. The Kier molecular flexibility index (Phi) is 2.04. The Morgan fingerprint density at radius 1 is 1.64 bits per heavy atom. The van der Waals surface area contributed by atoms with E-state index in [0.29, 0.717) is 0 Å². The van der Waals surface area contributed by atoms with E-state index in [1.54, 1.807) is 0 Å². The molecule has 0 aromatic carbocycles. The highest BCUT2D eigenvalue weighted by Crippen LogP contribution is 2.43. The average Bonchev–Trinajstić information content (AvgIpc) is 2.61. The van der Waals surface area contributed by atoms with Crippen LogP contribution in [-0.4, -0.2) is 34.9 Å². The molecule has 2 fully saturated rings. The SMILES string of the molecule is NC1(C(=O)O)CC2(CCCN2)CC1F. The van der Waals surface area contributed by atoms with Gasteiger partial charge in [-0.3, -0.25) is 4.79 Å². The lowest BCUT2D eigenvalue weighted by Gasteiger charge is -2.25. The molecule has 2 aliphatic rings. The molecule has 0 aromatic rings. The highest BCUT2D eigenvalue weighted by Gasteiger charge is 2.58. The highest BCUT2D eigenvalue weighted by atomic mass is 19.1. The van der Waals surface area contributed by atoms with Crippen LogP contribution >= 0.6 is 0 Å². The molecule has 0 amide bonds. The molecule has 0 aromatic heterocycles. The number of aliphatic carboxylic acids is 1. The number of nitrogens with two attached hydrogens (primary N) is 1. The summed E-state index contributed by atoms with van der Waals surface area (Å²) >= 11 is 0. The van der Waals surface area contributed by atoms with Crippen molar-refractivity contribution < 1.29 is 14.3 Å². The number of carboxylic acids is 1. The Labute approximate surface area is 81.7 Å². The molecule has 1 heterocycles. The van der Waals surface area contributed by atoms with Crippen LogP contribution in [-0.2, 0) is 4.79 Å². The zero-order chi connectivity index (χ0) is 10.4. The average molecular weight is 202 g/mol. The Hall–Kier alpha value is -0.680. The van der Waals surface area contributed by atoms with E-state index in [0.717, 1.165) is 19.4 Å². The maximum absolute atomic E-state index is 13.6. The second-order valence-corrected chi connectivity index (χ2v) is 4.50. The molecule has 0 bridgehead atoms. The number of nitrogens with one attached hydrogen (secondary N) is 1. The number of carboxylic acid groups (broad SMARTS) is 1. The molecule has 4 N–H and O–H groups in total. The second-order valence-electron chi connectivity index (χ2n) is 4.50. The minimum Gasteiger partial charge on any atom is -0.480 e. The van der Waals surface area contributed by atoms with E-state index in [2.05, 4.69) is 5.32 Å². The summed E-state index contributed by atoms with van der Waals surface area (Å²) in [6.07, 6.45) is 0.805. The number of halogens is 1. The summed E-state index contributed by atoms with van der Waals surface area (Å²) in [5.74, 6) is -1.23. The van der Waals surface area contributed by atoms with Gasteiger partial charge in [0.05, 0.1) is 0 Å². The Morgan fingerprint density at radius 2 is 2.36 bits per heavy atom. The predicted molar refractivity (Wildman–Crippen MR) is 48.7 cm³/mol. The molecule has 4 nitrogen and oxygen atoms in total. The van der Waals surface area contributed by atoms with Crippen LogP contribution in [0.1, 0.15) is 25.7 Å². The number of alkyl halides is 1. The molecule has 1 aliphatic carbocycles. The van der Waals surface area contributed by atoms with E-state index in [1.807, 2.05) is 0 Å². The number of hydrogen-bond acceptors (Lipinski definition) is 3. The third-order valence-corrected chi connectivity index (χ3v) is 3.49. The summed E-state index contributed by atoms with van der Waals surface area (Å²) in [4.78, 5) is 10.9. The Bertz CT molecular complexity index is 266. The van der Waals surface area contributed by atoms with Gasteiger partial charge in [0, 0.05) is 5.54 Å². The van der Waals surface area contributed by atoms with E-state index in [4.69, 9.17) is 10.8 Å². The Morgan fingerprint density at radius 3 is 2.79 bits per heavy atom. The fraction of sp³-hybridized carbons (Fsp3) is 0.889. The summed E-state index contributed by atoms with van der Waals surface area (Å²) < 4.78 is 13.6. The largest absolute Gasteiger partial charge is 0.480 e. The van der Waals surface area contributed by atoms with Crippen LogP contribution in [0.2, 0.25) is 0 Å². The third kappa shape index (κ3) is 1.23. The van der Waals surface area contributed by atoms with Gasteiger partial charge in [-0.15, -0.1) is 0 Å². The summed E-state index contributed by atoms with van der Waals surface area (Å²) in [6, 6.07) is 0. The molecule has 14 heavy (non-hydrogen) atoms. The van der Waals surface area contributed by atoms with Crippen LogP contribution in [0.5, 0.6) is 0 Å². The first-order valence-electron chi connectivity index (χ1n) is 4.90. The van der Waals surface area contributed by atoms with Crippen LogP contribution in [0.25, 0.3) is 0 Å². The number of hydrogen-bond donors (Lipinski definition) is 3. The molecule has 1 aliphatic heterocycles. The first-order chi connectivity index (χ1) is 6.49. The van der Waals surface area contributed by atoms with E-state index in [-0.39, 0.29) is 18.4 Å². The van der Waals surface area contributed by atoms with Gasteiger partial charge in [0.1, 0.15) is 11.7 Å². The van der Waals surface area contributed by atoms with Crippen LogP contribution in [0.3, 0.4) is 0 Å². The quantitative estimate of drug-likeness (QED) is 0.560. The Balaban J connectivity index is 2.21. The number of carbonyl (C=O) groups is 1. The van der Waals surface area contributed by atoms with Gasteiger partial charge in [0.25, 0.3) is 0 Å². The van der Waals surface area contributed by atoms with Crippen molar-refractivity contribution in [2.24, 2.45) is 5.73 Å². The first kappa shape index (κ1) is 9.86. The highest BCUT2D eigenvalue weighted by molar-refractivity contribution is 5.80. The van der Waals surface area contributed by atoms with Crippen LogP contribution < -0.4 is 11.1 Å². The van der Waals surface area contributed by atoms with E-state index in [9.17, 15) is 9.18 Å². The van der Waals surface area contributed by atoms with Gasteiger partial charge in [-0.25, -0.2) is 4.39 Å². The lowest BCUT2D eigenvalue weighted by Crippen LogP contribution is -2.53. The first-order valence-corrected chi connectivity index (χ1v) is 4.90. The van der Waals surface area contributed by atoms with Gasteiger partial charge in [0.2, 0.25) is 0 Å². The topological polar surface area (TPSA) is 75.4 Å². The fourth-order valence-corrected chi connectivity index (χ4v) is 2.67. The summed E-state index contributed by atoms with van der Waals surface area (Å²) in [6.45, 7) is 0.836. The molecule has 3 atom stereocenters. The zero-order valence-electron chi connectivity index (χ0n) is 7.92. The van der Waals surface area contributed by atoms with Gasteiger partial charge < -0.3 is 16.2 Å². The van der Waals surface area contributed by atoms with Gasteiger partial charge >= 0.3 is 5.97 Å². The van der Waals surface area contributed by atoms with Gasteiger partial charge in [-0.05, 0) is 32.2 Å². The molecule has 1 spiro atoms. The molecule has 0 radical (unpaired) electrons. The molecule has 80 valence electrons. The molecule has 1 saturated carbocycles. The van der Waals surface area contributed by atoms with Crippen molar-refractivity contribution in [1.29, 1.82) is 0 Å². The lowest BCUT2D eigenvalue weighted by molar-refractivity contribution is -0.145. The third-order valence-electron chi connectivity index (χ3n) is 3.49. The predicted octanol–water partition coefficient (Wildman–Crippen LogP) is 0.0226. The standard InChI is InChI=1S/C9H15FN2O2/c10-6-4-8(2-1-3-12-8)5-9(6,11)7(13)14/h6,12H,1-5,11H2,(H,13,14). The smallest absolute Gasteiger partial charge is 0.326 e.